The zero-order valence-electron chi connectivity index (χ0n) is 25.0. The molecule has 1 aromatic rings. The number of anilines is 2. The van der Waals surface area contributed by atoms with Crippen LogP contribution in [0.4, 0.5) is 16.0 Å². The molecule has 4 fully saturated rings. The molecule has 12 heteroatoms. The highest BCUT2D eigenvalue weighted by Crippen LogP contribution is 2.70. The Kier molecular flexibility index (Phi) is 8.10. The van der Waals surface area contributed by atoms with Gasteiger partial charge in [0.2, 0.25) is 0 Å². The highest BCUT2D eigenvalue weighted by atomic mass is 35.5. The number of fused-ring (bicyclic) bond motifs is 5. The molecule has 0 radical (unpaired) electrons. The number of nitrogens with two attached hydrogens (primary N) is 1. The number of allylic oxidation sites excluding steroid dienone is 4. The van der Waals surface area contributed by atoms with Gasteiger partial charge in [-0.15, -0.1) is 16.3 Å². The second-order valence-corrected chi connectivity index (χ2v) is 13.7. The number of hydrogen-bond acceptors (Lipinski definition) is 9. The van der Waals surface area contributed by atoms with Gasteiger partial charge in [0.15, 0.2) is 17.2 Å². The highest BCUT2D eigenvalue weighted by molar-refractivity contribution is 6.29. The van der Waals surface area contributed by atoms with Crippen molar-refractivity contribution in [1.82, 2.24) is 9.71 Å². The molecule has 6 rings (SSSR count). The van der Waals surface area contributed by atoms with E-state index in [0.29, 0.717) is 29.8 Å². The van der Waals surface area contributed by atoms with Crippen LogP contribution >= 0.6 is 11.6 Å². The number of nitrogens with zero attached hydrogens (tertiary/aromatic N) is 3. The quantitative estimate of drug-likeness (QED) is 0.254. The molecule has 3 saturated carbocycles. The lowest BCUT2D eigenvalue weighted by atomic mass is 9.44. The molecule has 1 aliphatic heterocycles. The van der Waals surface area contributed by atoms with Crippen molar-refractivity contribution in [2.75, 3.05) is 29.6 Å². The molecular weight excluding hydrogens is 577 g/mol. The average Bonchev–Trinajstić information content (AvgIpc) is 3.18. The number of piperidine rings is 1. The maximum absolute atomic E-state index is 16.9. The van der Waals surface area contributed by atoms with Crippen molar-refractivity contribution in [2.24, 2.45) is 28.6 Å². The largest absolute Gasteiger partial charge is 0.423 e. The third-order valence-corrected chi connectivity index (χ3v) is 11.6. The second kappa shape index (κ2) is 11.0. The van der Waals surface area contributed by atoms with Gasteiger partial charge in [-0.3, -0.25) is 15.0 Å². The maximum Gasteiger partial charge on any atom is 0.259 e. The van der Waals surface area contributed by atoms with E-state index in [1.807, 2.05) is 13.8 Å². The Hall–Kier alpha value is -2.76. The minimum absolute atomic E-state index is 0.0151. The number of aromatic nitrogens is 2. The van der Waals surface area contributed by atoms with Gasteiger partial charge in [-0.2, -0.15) is 4.98 Å². The van der Waals surface area contributed by atoms with Crippen LogP contribution in [0.25, 0.3) is 0 Å². The number of rotatable bonds is 3. The summed E-state index contributed by atoms with van der Waals surface area (Å²) < 4.78 is 17.5. The molecule has 4 aliphatic carbocycles. The van der Waals surface area contributed by atoms with Crippen molar-refractivity contribution < 1.29 is 29.4 Å². The Balaban J connectivity index is 0.000000207. The minimum Gasteiger partial charge on any atom is -0.423 e. The zero-order chi connectivity index (χ0) is 31.5. The summed E-state index contributed by atoms with van der Waals surface area (Å²) in [5.41, 5.74) is 0.424. The van der Waals surface area contributed by atoms with Crippen LogP contribution in [-0.2, 0) is 9.59 Å². The van der Waals surface area contributed by atoms with Gasteiger partial charge in [-0.25, -0.2) is 4.39 Å². The van der Waals surface area contributed by atoms with E-state index in [-0.39, 0.29) is 41.4 Å². The molecule has 43 heavy (non-hydrogen) atoms. The number of carbonyl (C=O) groups excluding carboxylic acids is 2. The van der Waals surface area contributed by atoms with Crippen LogP contribution in [0.1, 0.15) is 65.7 Å². The molecule has 1 saturated heterocycles. The van der Waals surface area contributed by atoms with Gasteiger partial charge in [-0.05, 0) is 75.9 Å². The fraction of sp³-hybridized carbons (Fsp3) is 0.677. The zero-order valence-corrected chi connectivity index (χ0v) is 25.8. The first-order chi connectivity index (χ1) is 20.1. The van der Waals surface area contributed by atoms with Crippen molar-refractivity contribution in [3.8, 4) is 0 Å². The lowest BCUT2D eigenvalue weighted by molar-refractivity contribution is -0.218. The van der Waals surface area contributed by atoms with E-state index in [1.165, 1.54) is 18.6 Å². The predicted molar refractivity (Wildman–Crippen MR) is 159 cm³/mol. The van der Waals surface area contributed by atoms with Crippen molar-refractivity contribution in [3.05, 3.63) is 35.5 Å². The maximum atomic E-state index is 16.9. The van der Waals surface area contributed by atoms with Crippen molar-refractivity contribution in [2.45, 2.75) is 83.1 Å². The third-order valence-electron chi connectivity index (χ3n) is 11.4. The Morgan fingerprint density at radius 2 is 1.93 bits per heavy atom. The topological polar surface area (TPSA) is 166 Å². The number of halogens is 2. The second-order valence-electron chi connectivity index (χ2n) is 13.4. The number of nitrogen functional groups attached to an aromatic ring is 1. The molecule has 0 aromatic carbocycles. The SMILES string of the molecule is C[C@H]1C[C@H]2[C@@H]3CCC4=CC(=O)C=C[C@]4(C)[C@@]3(F)[C@@H](O)C[C@]2(C)[C@@]1(O)C(=O)CCl.N=c1nc(N2CCCCC2)cc(N)n1O. The number of aliphatic hydroxyl groups excluding tert-OH is 1. The number of hydrogen-bond donors (Lipinski definition) is 5. The van der Waals surface area contributed by atoms with Crippen molar-refractivity contribution >= 4 is 34.8 Å². The van der Waals surface area contributed by atoms with E-state index >= 15 is 4.39 Å². The summed E-state index contributed by atoms with van der Waals surface area (Å²) in [5.74, 6) is -1.20. The van der Waals surface area contributed by atoms with Gasteiger partial charge in [0.25, 0.3) is 5.62 Å². The summed E-state index contributed by atoms with van der Waals surface area (Å²) in [4.78, 5) is 30.6. The molecule has 0 amide bonds. The van der Waals surface area contributed by atoms with Gasteiger partial charge in [0.05, 0.1) is 12.0 Å². The Morgan fingerprint density at radius 1 is 1.26 bits per heavy atom. The molecule has 5 aliphatic rings. The number of nitrogens with one attached hydrogen (secondary N) is 1. The Bertz CT molecular complexity index is 1430. The molecule has 0 bridgehead atoms. The summed E-state index contributed by atoms with van der Waals surface area (Å²) in [7, 11) is 0. The summed E-state index contributed by atoms with van der Waals surface area (Å²) in [6.07, 6.45) is 8.21. The standard InChI is InChI=1S/C22H28ClFO4.C9H15N5O/c1-12-8-16-15-5-4-13-9-14(25)6-7-19(13,2)21(15,24)17(26)10-20(16,3)22(12,28)18(27)11-23;10-7-6-8(12-9(11)14(7)15)13-4-2-1-3-5-13/h6-7,9,12,15-17,26,28H,4-5,8,10-11H2,1-3H3;6,11,15H,1-5,10H2/t12-,15-,16-,17-,19-,20-,21-,22-;/m0./s1. The first kappa shape index (κ1) is 31.7. The van der Waals surface area contributed by atoms with Gasteiger partial charge in [0.1, 0.15) is 17.2 Å². The fourth-order valence-electron chi connectivity index (χ4n) is 9.03. The van der Waals surface area contributed by atoms with Crippen molar-refractivity contribution in [3.63, 3.8) is 0 Å². The molecule has 6 N–H and O–H groups in total. The number of Topliss-reactive ketones (excluding diaryl/α,β-unsaturated/α-hetero) is 1. The van der Waals surface area contributed by atoms with Crippen LogP contribution in [0.2, 0.25) is 0 Å². The molecule has 0 spiro atoms. The lowest BCUT2D eigenvalue weighted by Gasteiger charge is -2.62. The first-order valence-corrected chi connectivity index (χ1v) is 15.7. The Labute approximate surface area is 255 Å². The molecule has 1 aromatic heterocycles. The van der Waals surface area contributed by atoms with Crippen LogP contribution in [0.5, 0.6) is 0 Å². The summed E-state index contributed by atoms with van der Waals surface area (Å²) in [6.45, 7) is 7.27. The summed E-state index contributed by atoms with van der Waals surface area (Å²) >= 11 is 5.81. The molecule has 236 valence electrons. The van der Waals surface area contributed by atoms with Crippen LogP contribution in [0, 0.1) is 34.0 Å². The number of aliphatic hydroxyl groups is 2. The smallest absolute Gasteiger partial charge is 0.259 e. The van der Waals surface area contributed by atoms with Gasteiger partial charge in [0, 0.05) is 35.9 Å². The fourth-order valence-corrected chi connectivity index (χ4v) is 9.23. The van der Waals surface area contributed by atoms with E-state index in [4.69, 9.17) is 22.7 Å². The monoisotopic (exact) mass is 619 g/mol. The van der Waals surface area contributed by atoms with Crippen molar-refractivity contribution in [1.29, 1.82) is 5.41 Å². The van der Waals surface area contributed by atoms with Gasteiger partial charge in [-0.1, -0.05) is 25.5 Å². The predicted octanol–water partition coefficient (Wildman–Crippen LogP) is 3.31. The number of ketones is 2. The van der Waals surface area contributed by atoms with Crippen LogP contribution in [-0.4, -0.2) is 73.0 Å². The van der Waals surface area contributed by atoms with Crippen LogP contribution in [0.3, 0.4) is 0 Å². The average molecular weight is 620 g/mol. The van der Waals surface area contributed by atoms with Crippen LogP contribution in [0.15, 0.2) is 29.9 Å². The molecule has 10 nitrogen and oxygen atoms in total. The molecule has 2 heterocycles. The normalized spacial score (nSPS) is 40.0. The molecule has 8 atom stereocenters. The van der Waals surface area contributed by atoms with E-state index in [1.54, 1.807) is 19.1 Å². The first-order valence-electron chi connectivity index (χ1n) is 15.2. The molecular formula is C31H43ClFN5O5. The van der Waals surface area contributed by atoms with E-state index in [0.717, 1.165) is 31.5 Å². The van der Waals surface area contributed by atoms with E-state index in [9.17, 15) is 25.0 Å². The third kappa shape index (κ3) is 4.56. The summed E-state index contributed by atoms with van der Waals surface area (Å²) in [5, 5.41) is 39.3. The lowest BCUT2D eigenvalue weighted by Crippen LogP contribution is -2.69. The van der Waals surface area contributed by atoms with E-state index in [2.05, 4.69) is 9.88 Å². The van der Waals surface area contributed by atoms with Gasteiger partial charge >= 0.3 is 0 Å². The number of alkyl halides is 2. The van der Waals surface area contributed by atoms with E-state index < -0.39 is 39.9 Å². The highest BCUT2D eigenvalue weighted by Gasteiger charge is 2.75. The van der Waals surface area contributed by atoms with Crippen LogP contribution < -0.4 is 16.3 Å². The molecule has 0 unspecified atom stereocenters. The Morgan fingerprint density at radius 3 is 2.56 bits per heavy atom. The number of carbonyl (C=O) groups is 2. The summed E-state index contributed by atoms with van der Waals surface area (Å²) in [6, 6.07) is 1.60. The van der Waals surface area contributed by atoms with Gasteiger partial charge < -0.3 is 26.1 Å². The minimum atomic E-state index is -1.95.